The molecule has 0 spiro atoms. The van der Waals surface area contributed by atoms with Crippen LogP contribution in [0.5, 0.6) is 0 Å². The number of amides is 2. The molecule has 0 fully saturated rings. The van der Waals surface area contributed by atoms with E-state index in [2.05, 4.69) is 20.7 Å². The average molecular weight is 349 g/mol. The number of hydrogen-bond donors (Lipinski definition) is 2. The van der Waals surface area contributed by atoms with Gasteiger partial charge in [0, 0.05) is 19.4 Å². The number of ether oxygens (including phenoxy) is 1. The normalized spacial score (nSPS) is 11.0. The summed E-state index contributed by atoms with van der Waals surface area (Å²) < 4.78 is 21.0. The van der Waals surface area contributed by atoms with Crippen molar-refractivity contribution in [2.75, 3.05) is 24.4 Å². The number of urea groups is 1. The molecule has 0 aliphatic heterocycles. The van der Waals surface area contributed by atoms with Crippen LogP contribution in [0.4, 0.5) is 20.0 Å². The van der Waals surface area contributed by atoms with Crippen molar-refractivity contribution >= 4 is 38.4 Å². The number of benzene rings is 1. The van der Waals surface area contributed by atoms with Crippen molar-refractivity contribution in [2.45, 2.75) is 13.5 Å². The highest BCUT2D eigenvalue weighted by Crippen LogP contribution is 2.28. The van der Waals surface area contributed by atoms with Crippen molar-refractivity contribution in [2.24, 2.45) is 0 Å². The number of anilines is 2. The second-order valence-corrected chi connectivity index (χ2v) is 6.18. The van der Waals surface area contributed by atoms with Gasteiger partial charge >= 0.3 is 6.03 Å². The largest absolute Gasteiger partial charge is 0.383 e. The van der Waals surface area contributed by atoms with Crippen LogP contribution in [0.15, 0.2) is 24.5 Å². The molecule has 0 saturated carbocycles. The summed E-state index contributed by atoms with van der Waals surface area (Å²) in [5.41, 5.74) is 1.63. The molecule has 3 rings (SSSR count). The molecule has 0 radical (unpaired) electrons. The lowest BCUT2D eigenvalue weighted by atomic mass is 10.2. The molecule has 126 valence electrons. The van der Waals surface area contributed by atoms with Gasteiger partial charge in [-0.25, -0.2) is 14.2 Å². The molecule has 0 bridgehead atoms. The molecule has 2 amide bonds. The minimum atomic E-state index is -0.433. The lowest BCUT2D eigenvalue weighted by molar-refractivity contribution is 0.183. The van der Waals surface area contributed by atoms with E-state index in [4.69, 9.17) is 4.74 Å². The molecule has 2 aromatic heterocycles. The summed E-state index contributed by atoms with van der Waals surface area (Å²) >= 11 is 1.29. The molecule has 3 aromatic rings. The van der Waals surface area contributed by atoms with E-state index >= 15 is 0 Å². The van der Waals surface area contributed by atoms with Crippen LogP contribution >= 0.6 is 11.3 Å². The summed E-state index contributed by atoms with van der Waals surface area (Å²) in [4.78, 5) is 16.2. The maximum atomic E-state index is 13.5. The Balaban J connectivity index is 1.65. The fraction of sp³-hybridized carbons (Fsp3) is 0.267. The van der Waals surface area contributed by atoms with E-state index in [-0.39, 0.29) is 5.82 Å². The van der Waals surface area contributed by atoms with Crippen molar-refractivity contribution in [3.05, 3.63) is 35.9 Å². The van der Waals surface area contributed by atoms with Gasteiger partial charge in [-0.15, -0.1) is 0 Å². The molecule has 0 aliphatic carbocycles. The first kappa shape index (κ1) is 16.3. The Bertz CT molecular complexity index is 837. The van der Waals surface area contributed by atoms with Gasteiger partial charge in [0.05, 0.1) is 35.3 Å². The molecule has 2 heterocycles. The van der Waals surface area contributed by atoms with Crippen LogP contribution in [0.25, 0.3) is 10.2 Å². The minimum absolute atomic E-state index is 0.313. The van der Waals surface area contributed by atoms with E-state index in [1.807, 2.05) is 0 Å². The number of methoxy groups -OCH3 is 1. The van der Waals surface area contributed by atoms with Crippen LogP contribution in [-0.4, -0.2) is 34.5 Å². The van der Waals surface area contributed by atoms with Crippen molar-refractivity contribution < 1.29 is 13.9 Å². The third kappa shape index (κ3) is 3.69. The molecular weight excluding hydrogens is 333 g/mol. The zero-order chi connectivity index (χ0) is 17.1. The molecule has 1 aromatic carbocycles. The van der Waals surface area contributed by atoms with Gasteiger partial charge in [0.25, 0.3) is 0 Å². The second-order valence-electron chi connectivity index (χ2n) is 5.15. The van der Waals surface area contributed by atoms with E-state index in [0.29, 0.717) is 35.1 Å². The van der Waals surface area contributed by atoms with Gasteiger partial charge in [0.2, 0.25) is 0 Å². The molecule has 9 heteroatoms. The molecule has 0 aliphatic rings. The summed E-state index contributed by atoms with van der Waals surface area (Å²) in [5, 5.41) is 9.83. The number of carbonyl (C=O) groups is 1. The van der Waals surface area contributed by atoms with E-state index in [1.54, 1.807) is 37.2 Å². The standard InChI is InChI=1S/C15H16FN5O2S/c1-9-5-13-12(6-11(9)16)19-15(24-13)20-14(22)18-10-7-17-21(8-10)3-4-23-2/h5-8H,3-4H2,1-2H3,(H2,18,19,20,22). The molecule has 0 unspecified atom stereocenters. The number of carbonyl (C=O) groups excluding carboxylic acids is 1. The third-order valence-electron chi connectivity index (χ3n) is 3.30. The fourth-order valence-electron chi connectivity index (χ4n) is 2.10. The van der Waals surface area contributed by atoms with Crippen LogP contribution < -0.4 is 10.6 Å². The lowest BCUT2D eigenvalue weighted by Gasteiger charge is -2.02. The molecule has 2 N–H and O–H groups in total. The number of halogens is 1. The van der Waals surface area contributed by atoms with E-state index in [1.165, 1.54) is 17.4 Å². The maximum absolute atomic E-state index is 13.5. The fourth-order valence-corrected chi connectivity index (χ4v) is 3.04. The van der Waals surface area contributed by atoms with Gasteiger partial charge in [-0.2, -0.15) is 5.10 Å². The second kappa shape index (κ2) is 6.93. The first-order valence-electron chi connectivity index (χ1n) is 7.21. The van der Waals surface area contributed by atoms with Crippen molar-refractivity contribution in [1.82, 2.24) is 14.8 Å². The Kier molecular flexibility index (Phi) is 4.72. The van der Waals surface area contributed by atoms with Crippen LogP contribution in [0.1, 0.15) is 5.56 Å². The Morgan fingerprint density at radius 3 is 3.04 bits per heavy atom. The highest BCUT2D eigenvalue weighted by molar-refractivity contribution is 7.22. The number of thiazole rings is 1. The van der Waals surface area contributed by atoms with Gasteiger partial charge in [-0.3, -0.25) is 10.00 Å². The van der Waals surface area contributed by atoms with E-state index in [0.717, 1.165) is 4.70 Å². The van der Waals surface area contributed by atoms with Gasteiger partial charge in [-0.1, -0.05) is 11.3 Å². The lowest BCUT2D eigenvalue weighted by Crippen LogP contribution is -2.18. The summed E-state index contributed by atoms with van der Waals surface area (Å²) in [6.45, 7) is 2.83. The molecule has 24 heavy (non-hydrogen) atoms. The summed E-state index contributed by atoms with van der Waals surface area (Å²) in [7, 11) is 1.61. The highest BCUT2D eigenvalue weighted by atomic mass is 32.1. The van der Waals surface area contributed by atoms with Crippen molar-refractivity contribution in [3.63, 3.8) is 0 Å². The molecular formula is C15H16FN5O2S. The topological polar surface area (TPSA) is 81.1 Å². The predicted molar refractivity (Wildman–Crippen MR) is 91.1 cm³/mol. The smallest absolute Gasteiger partial charge is 0.325 e. The summed E-state index contributed by atoms with van der Waals surface area (Å²) in [6, 6.07) is 2.65. The summed E-state index contributed by atoms with van der Waals surface area (Å²) in [5.74, 6) is -0.313. The predicted octanol–water partition coefficient (Wildman–Crippen LogP) is 3.23. The number of aryl methyl sites for hydroxylation is 1. The Morgan fingerprint density at radius 1 is 1.42 bits per heavy atom. The van der Waals surface area contributed by atoms with Gasteiger partial charge in [-0.05, 0) is 18.6 Å². The number of rotatable bonds is 5. The molecule has 0 atom stereocenters. The highest BCUT2D eigenvalue weighted by Gasteiger charge is 2.11. The van der Waals surface area contributed by atoms with Crippen molar-refractivity contribution in [1.29, 1.82) is 0 Å². The zero-order valence-corrected chi connectivity index (χ0v) is 14.0. The first-order chi connectivity index (χ1) is 11.5. The van der Waals surface area contributed by atoms with E-state index in [9.17, 15) is 9.18 Å². The number of hydrogen-bond acceptors (Lipinski definition) is 5. The van der Waals surface area contributed by atoms with Crippen molar-refractivity contribution in [3.8, 4) is 0 Å². The summed E-state index contributed by atoms with van der Waals surface area (Å²) in [6.07, 6.45) is 3.25. The Labute approximate surface area is 141 Å². The van der Waals surface area contributed by atoms with Gasteiger partial charge in [0.1, 0.15) is 5.82 Å². The van der Waals surface area contributed by atoms with Crippen LogP contribution in [0, 0.1) is 12.7 Å². The Morgan fingerprint density at radius 2 is 2.25 bits per heavy atom. The average Bonchev–Trinajstić information content (AvgIpc) is 3.12. The first-order valence-corrected chi connectivity index (χ1v) is 8.03. The Hall–Kier alpha value is -2.52. The van der Waals surface area contributed by atoms with Crippen LogP contribution in [0.2, 0.25) is 0 Å². The van der Waals surface area contributed by atoms with E-state index < -0.39 is 6.03 Å². The van der Waals surface area contributed by atoms with Crippen LogP contribution in [-0.2, 0) is 11.3 Å². The van der Waals surface area contributed by atoms with Crippen LogP contribution in [0.3, 0.4) is 0 Å². The number of nitrogens with zero attached hydrogens (tertiary/aromatic N) is 3. The number of aromatic nitrogens is 3. The monoisotopic (exact) mass is 349 g/mol. The minimum Gasteiger partial charge on any atom is -0.383 e. The number of nitrogens with one attached hydrogen (secondary N) is 2. The van der Waals surface area contributed by atoms with Gasteiger partial charge in [0.15, 0.2) is 5.13 Å². The zero-order valence-electron chi connectivity index (χ0n) is 13.2. The third-order valence-corrected chi connectivity index (χ3v) is 4.24. The molecule has 7 nitrogen and oxygen atoms in total. The number of fused-ring (bicyclic) bond motifs is 1. The van der Waals surface area contributed by atoms with Gasteiger partial charge < -0.3 is 10.1 Å². The SMILES string of the molecule is COCCn1cc(NC(=O)Nc2nc3cc(F)c(C)cc3s2)cn1. The quantitative estimate of drug-likeness (QED) is 0.741. The maximum Gasteiger partial charge on any atom is 0.325 e. The molecule has 0 saturated heterocycles.